The summed E-state index contributed by atoms with van der Waals surface area (Å²) >= 11 is 0. The lowest BCUT2D eigenvalue weighted by molar-refractivity contribution is -0.127. The van der Waals surface area contributed by atoms with Crippen LogP contribution in [0.1, 0.15) is 25.3 Å². The Bertz CT molecular complexity index is 457. The molecular weight excluding hydrogens is 244 g/mol. The second-order valence-electron chi connectivity index (χ2n) is 4.43. The van der Waals surface area contributed by atoms with Crippen LogP contribution >= 0.6 is 0 Å². The Morgan fingerprint density at radius 1 is 1.21 bits per heavy atom. The Labute approximate surface area is 112 Å². The molecule has 0 fully saturated rings. The fraction of sp³-hybridized carbons (Fsp3) is 0.357. The number of rotatable bonds is 7. The molecule has 0 bridgehead atoms. The van der Waals surface area contributed by atoms with Gasteiger partial charge in [-0.15, -0.1) is 0 Å². The lowest BCUT2D eigenvalue weighted by Gasteiger charge is -2.14. The number of carbonyl (C=O) groups is 3. The fourth-order valence-corrected chi connectivity index (χ4v) is 1.66. The van der Waals surface area contributed by atoms with Crippen LogP contribution in [0.25, 0.3) is 0 Å². The van der Waals surface area contributed by atoms with E-state index in [1.165, 1.54) is 6.92 Å². The number of hydrogen-bond acceptors (Lipinski definition) is 3. The van der Waals surface area contributed by atoms with Crippen molar-refractivity contribution in [1.29, 1.82) is 0 Å². The third-order valence-electron chi connectivity index (χ3n) is 2.67. The second-order valence-corrected chi connectivity index (χ2v) is 4.43. The van der Waals surface area contributed by atoms with Crippen molar-refractivity contribution in [3.8, 4) is 0 Å². The maximum atomic E-state index is 11.8. The highest BCUT2D eigenvalue weighted by molar-refractivity contribution is 5.88. The molecule has 0 aliphatic carbocycles. The van der Waals surface area contributed by atoms with Gasteiger partial charge in [-0.3, -0.25) is 9.59 Å². The number of hydrogen-bond donors (Lipinski definition) is 2. The third kappa shape index (κ3) is 5.81. The molecule has 0 saturated heterocycles. The molecule has 102 valence electrons. The molecule has 3 N–H and O–H groups in total. The smallest absolute Gasteiger partial charge is 0.240 e. The van der Waals surface area contributed by atoms with Crippen molar-refractivity contribution in [3.63, 3.8) is 0 Å². The number of Topliss-reactive ketones (excluding diaryl/α,β-unsaturated/α-hetero) is 1. The van der Waals surface area contributed by atoms with Crippen LogP contribution in [-0.4, -0.2) is 23.6 Å². The number of carbonyl (C=O) groups excluding carboxylic acids is 3. The van der Waals surface area contributed by atoms with Crippen molar-refractivity contribution < 1.29 is 14.4 Å². The molecule has 0 aliphatic rings. The van der Waals surface area contributed by atoms with Gasteiger partial charge in [0.2, 0.25) is 11.8 Å². The largest absolute Gasteiger partial charge is 0.368 e. The standard InChI is InChI=1S/C14H18N2O3/c1-10(17)7-8-12(14(15)19)16-13(18)9-11-5-3-2-4-6-11/h2-6,12H,7-9H2,1H3,(H2,15,19)(H,16,18)/t12-/m0/s1. The Hall–Kier alpha value is -2.17. The van der Waals surface area contributed by atoms with Crippen LogP contribution < -0.4 is 11.1 Å². The van der Waals surface area contributed by atoms with Crippen LogP contribution in [0.2, 0.25) is 0 Å². The molecule has 0 aromatic heterocycles. The molecule has 1 aromatic rings. The summed E-state index contributed by atoms with van der Waals surface area (Å²) in [6, 6.07) is 8.40. The minimum atomic E-state index is -0.792. The molecule has 1 rings (SSSR count). The van der Waals surface area contributed by atoms with Crippen LogP contribution in [-0.2, 0) is 20.8 Å². The van der Waals surface area contributed by atoms with E-state index >= 15 is 0 Å². The first-order chi connectivity index (χ1) is 8.99. The Kier molecular flexibility index (Phi) is 5.73. The number of nitrogens with one attached hydrogen (secondary N) is 1. The van der Waals surface area contributed by atoms with Gasteiger partial charge in [0.05, 0.1) is 6.42 Å². The third-order valence-corrected chi connectivity index (χ3v) is 2.67. The Morgan fingerprint density at radius 3 is 2.37 bits per heavy atom. The minimum absolute atomic E-state index is 0.0384. The van der Waals surface area contributed by atoms with Gasteiger partial charge in [-0.25, -0.2) is 0 Å². The summed E-state index contributed by atoms with van der Waals surface area (Å²) in [4.78, 5) is 33.8. The molecule has 0 heterocycles. The van der Waals surface area contributed by atoms with Crippen LogP contribution in [0.4, 0.5) is 0 Å². The highest BCUT2D eigenvalue weighted by Crippen LogP contribution is 2.02. The molecule has 19 heavy (non-hydrogen) atoms. The molecule has 1 aromatic carbocycles. The van der Waals surface area contributed by atoms with E-state index in [1.54, 1.807) is 0 Å². The van der Waals surface area contributed by atoms with Crippen molar-refractivity contribution in [2.24, 2.45) is 5.73 Å². The average Bonchev–Trinajstić information content (AvgIpc) is 2.35. The monoisotopic (exact) mass is 262 g/mol. The van der Waals surface area contributed by atoms with Crippen LogP contribution in [0.15, 0.2) is 30.3 Å². The predicted molar refractivity (Wildman–Crippen MR) is 71.2 cm³/mol. The first kappa shape index (κ1) is 14.9. The Balaban J connectivity index is 2.52. The SMILES string of the molecule is CC(=O)CC[C@H](NC(=O)Cc1ccccc1)C(N)=O. The zero-order valence-corrected chi connectivity index (χ0v) is 10.9. The van der Waals surface area contributed by atoms with E-state index < -0.39 is 11.9 Å². The fourth-order valence-electron chi connectivity index (χ4n) is 1.66. The minimum Gasteiger partial charge on any atom is -0.368 e. The van der Waals surface area contributed by atoms with Gasteiger partial charge in [0.1, 0.15) is 11.8 Å². The normalized spacial score (nSPS) is 11.6. The zero-order valence-electron chi connectivity index (χ0n) is 10.9. The van der Waals surface area contributed by atoms with Crippen molar-refractivity contribution in [3.05, 3.63) is 35.9 Å². The first-order valence-electron chi connectivity index (χ1n) is 6.11. The van der Waals surface area contributed by atoms with Gasteiger partial charge in [0.25, 0.3) is 0 Å². The molecule has 2 amide bonds. The number of amides is 2. The number of ketones is 1. The van der Waals surface area contributed by atoms with Gasteiger partial charge in [0.15, 0.2) is 0 Å². The summed E-state index contributed by atoms with van der Waals surface area (Å²) in [5, 5.41) is 2.55. The van der Waals surface area contributed by atoms with Gasteiger partial charge in [0, 0.05) is 6.42 Å². The van der Waals surface area contributed by atoms with Crippen molar-refractivity contribution in [2.75, 3.05) is 0 Å². The van der Waals surface area contributed by atoms with Gasteiger partial charge in [-0.2, -0.15) is 0 Å². The predicted octanol–water partition coefficient (Wildman–Crippen LogP) is 0.568. The number of primary amides is 1. The van der Waals surface area contributed by atoms with E-state index in [0.29, 0.717) is 0 Å². The topological polar surface area (TPSA) is 89.3 Å². The van der Waals surface area contributed by atoms with Crippen LogP contribution in [0, 0.1) is 0 Å². The second kappa shape index (κ2) is 7.31. The first-order valence-corrected chi connectivity index (χ1v) is 6.11. The van der Waals surface area contributed by atoms with Gasteiger partial charge in [-0.05, 0) is 18.9 Å². The molecule has 0 radical (unpaired) electrons. The summed E-state index contributed by atoms with van der Waals surface area (Å²) in [5.41, 5.74) is 6.06. The van der Waals surface area contributed by atoms with E-state index in [4.69, 9.17) is 5.73 Å². The summed E-state index contributed by atoms with van der Waals surface area (Å²) < 4.78 is 0. The molecule has 5 heteroatoms. The maximum Gasteiger partial charge on any atom is 0.240 e. The van der Waals surface area contributed by atoms with Crippen LogP contribution in [0.3, 0.4) is 0 Å². The molecule has 0 unspecified atom stereocenters. The van der Waals surface area contributed by atoms with Crippen molar-refractivity contribution in [2.45, 2.75) is 32.2 Å². The maximum absolute atomic E-state index is 11.8. The lowest BCUT2D eigenvalue weighted by atomic mass is 10.1. The molecule has 5 nitrogen and oxygen atoms in total. The van der Waals surface area contributed by atoms with Gasteiger partial charge >= 0.3 is 0 Å². The summed E-state index contributed by atoms with van der Waals surface area (Å²) in [6.45, 7) is 1.43. The van der Waals surface area contributed by atoms with E-state index in [-0.39, 0.29) is 31.0 Å². The molecule has 0 spiro atoms. The van der Waals surface area contributed by atoms with E-state index in [2.05, 4.69) is 5.32 Å². The summed E-state index contributed by atoms with van der Waals surface area (Å²) in [7, 11) is 0. The van der Waals surface area contributed by atoms with Gasteiger partial charge in [-0.1, -0.05) is 30.3 Å². The van der Waals surface area contributed by atoms with E-state index in [0.717, 1.165) is 5.56 Å². The van der Waals surface area contributed by atoms with Crippen molar-refractivity contribution >= 4 is 17.6 Å². The summed E-state index contributed by atoms with van der Waals surface area (Å²) in [5.74, 6) is -0.940. The molecule has 0 aliphatic heterocycles. The van der Waals surface area contributed by atoms with Crippen LogP contribution in [0.5, 0.6) is 0 Å². The Morgan fingerprint density at radius 2 is 1.84 bits per heavy atom. The number of benzene rings is 1. The highest BCUT2D eigenvalue weighted by Gasteiger charge is 2.18. The van der Waals surface area contributed by atoms with E-state index in [1.807, 2.05) is 30.3 Å². The highest BCUT2D eigenvalue weighted by atomic mass is 16.2. The van der Waals surface area contributed by atoms with E-state index in [9.17, 15) is 14.4 Å². The molecule has 1 atom stereocenters. The average molecular weight is 262 g/mol. The number of nitrogens with two attached hydrogens (primary N) is 1. The quantitative estimate of drug-likeness (QED) is 0.752. The summed E-state index contributed by atoms with van der Waals surface area (Å²) in [6.07, 6.45) is 0.648. The zero-order chi connectivity index (χ0) is 14.3. The molecule has 0 saturated carbocycles. The van der Waals surface area contributed by atoms with Gasteiger partial charge < -0.3 is 15.8 Å². The molecular formula is C14H18N2O3. The van der Waals surface area contributed by atoms with Crippen molar-refractivity contribution in [1.82, 2.24) is 5.32 Å². The lowest BCUT2D eigenvalue weighted by Crippen LogP contribution is -2.45.